The molecule has 1 N–H and O–H groups in total. The third-order valence-electron chi connectivity index (χ3n) is 6.03. The molecule has 202 valence electrons. The van der Waals surface area contributed by atoms with Crippen LogP contribution in [0, 0.1) is 5.82 Å². The number of thioether (sulfide) groups is 1. The molecule has 1 aliphatic heterocycles. The van der Waals surface area contributed by atoms with E-state index < -0.39 is 27.1 Å². The van der Waals surface area contributed by atoms with Crippen molar-refractivity contribution in [2.75, 3.05) is 5.32 Å². The maximum absolute atomic E-state index is 14.2. The summed E-state index contributed by atoms with van der Waals surface area (Å²) in [6.45, 7) is 1.10. The Hall–Kier alpha value is -4.48. The Morgan fingerprint density at radius 2 is 1.68 bits per heavy atom. The van der Waals surface area contributed by atoms with E-state index >= 15 is 0 Å². The molecule has 3 amide bonds. The van der Waals surface area contributed by atoms with E-state index in [0.717, 1.165) is 10.3 Å². The number of carbonyl (C=O) groups is 3. The number of fused-ring (bicyclic) bond motifs is 1. The summed E-state index contributed by atoms with van der Waals surface area (Å²) in [5, 5.41) is 3.34. The van der Waals surface area contributed by atoms with Gasteiger partial charge in [-0.25, -0.2) is 4.39 Å². The number of imide groups is 1. The van der Waals surface area contributed by atoms with Crippen molar-refractivity contribution in [2.45, 2.75) is 18.4 Å². The van der Waals surface area contributed by atoms with Crippen molar-refractivity contribution < 1.29 is 31.4 Å². The van der Waals surface area contributed by atoms with Crippen molar-refractivity contribution >= 4 is 61.5 Å². The van der Waals surface area contributed by atoms with Crippen LogP contribution >= 0.6 is 11.8 Å². The van der Waals surface area contributed by atoms with E-state index in [2.05, 4.69) is 5.32 Å². The second kappa shape index (κ2) is 10.9. The molecule has 1 heterocycles. The summed E-state index contributed by atoms with van der Waals surface area (Å²) in [5.74, 6) is -1.52. The van der Waals surface area contributed by atoms with Crippen LogP contribution < -0.4 is 9.50 Å². The van der Waals surface area contributed by atoms with Gasteiger partial charge in [0.15, 0.2) is 5.75 Å². The summed E-state index contributed by atoms with van der Waals surface area (Å²) in [6.07, 6.45) is 1.42. The topological polar surface area (TPSA) is 110 Å². The zero-order valence-electron chi connectivity index (χ0n) is 21.0. The predicted molar refractivity (Wildman–Crippen MR) is 150 cm³/mol. The van der Waals surface area contributed by atoms with Crippen LogP contribution in [-0.2, 0) is 26.3 Å². The SMILES string of the molecule is CC(=O)Nc1ccc(S(=O)(=O)Oc2ccc3ccccc3c2/C=C2\SC(=O)N(Cc3ccccc3F)C2=O)cc1. The molecule has 11 heteroatoms. The number of amides is 3. The molecule has 0 aliphatic carbocycles. The van der Waals surface area contributed by atoms with Gasteiger partial charge in [-0.1, -0.05) is 48.5 Å². The molecule has 4 aromatic rings. The van der Waals surface area contributed by atoms with Crippen LogP contribution in [0.5, 0.6) is 5.75 Å². The third kappa shape index (κ3) is 5.61. The van der Waals surface area contributed by atoms with Crippen LogP contribution in [-0.4, -0.2) is 30.4 Å². The van der Waals surface area contributed by atoms with Crippen molar-refractivity contribution in [3.8, 4) is 5.75 Å². The molecular formula is C29H21FN2O6S2. The van der Waals surface area contributed by atoms with Gasteiger partial charge in [0.2, 0.25) is 5.91 Å². The van der Waals surface area contributed by atoms with E-state index in [0.29, 0.717) is 22.8 Å². The van der Waals surface area contributed by atoms with E-state index in [4.69, 9.17) is 4.18 Å². The third-order valence-corrected chi connectivity index (χ3v) is 8.18. The fraction of sp³-hybridized carbons (Fsp3) is 0.0690. The van der Waals surface area contributed by atoms with Gasteiger partial charge in [0.25, 0.3) is 11.1 Å². The second-order valence-electron chi connectivity index (χ2n) is 8.80. The Balaban J connectivity index is 1.51. The monoisotopic (exact) mass is 576 g/mol. The lowest BCUT2D eigenvalue weighted by molar-refractivity contribution is -0.123. The van der Waals surface area contributed by atoms with Gasteiger partial charge >= 0.3 is 10.1 Å². The smallest absolute Gasteiger partial charge is 0.339 e. The average molecular weight is 577 g/mol. The number of benzene rings is 4. The molecule has 5 rings (SSSR count). The summed E-state index contributed by atoms with van der Waals surface area (Å²) < 4.78 is 46.0. The number of anilines is 1. The first-order chi connectivity index (χ1) is 19.1. The van der Waals surface area contributed by atoms with Crippen LogP contribution in [0.3, 0.4) is 0 Å². The maximum Gasteiger partial charge on any atom is 0.339 e. The second-order valence-corrected chi connectivity index (χ2v) is 11.3. The van der Waals surface area contributed by atoms with Crippen LogP contribution in [0.1, 0.15) is 18.1 Å². The summed E-state index contributed by atoms with van der Waals surface area (Å²) in [7, 11) is -4.32. The Morgan fingerprint density at radius 3 is 2.40 bits per heavy atom. The lowest BCUT2D eigenvalue weighted by atomic mass is 10.0. The Kier molecular flexibility index (Phi) is 7.42. The highest BCUT2D eigenvalue weighted by molar-refractivity contribution is 8.18. The number of nitrogens with one attached hydrogen (secondary N) is 1. The molecule has 40 heavy (non-hydrogen) atoms. The lowest BCUT2D eigenvalue weighted by Crippen LogP contribution is -2.27. The Labute approximate surface area is 233 Å². The van der Waals surface area contributed by atoms with Crippen molar-refractivity contribution in [2.24, 2.45) is 0 Å². The maximum atomic E-state index is 14.2. The van der Waals surface area contributed by atoms with E-state index in [1.165, 1.54) is 61.5 Å². The Bertz CT molecular complexity index is 1800. The summed E-state index contributed by atoms with van der Waals surface area (Å²) in [5.41, 5.74) is 0.896. The molecule has 0 bridgehead atoms. The molecule has 0 aromatic heterocycles. The summed E-state index contributed by atoms with van der Waals surface area (Å²) in [4.78, 5) is 38.0. The minimum absolute atomic E-state index is 0.0413. The van der Waals surface area contributed by atoms with Gasteiger partial charge in [-0.3, -0.25) is 19.3 Å². The van der Waals surface area contributed by atoms with Gasteiger partial charge < -0.3 is 9.50 Å². The van der Waals surface area contributed by atoms with Crippen LogP contribution in [0.15, 0.2) is 94.7 Å². The van der Waals surface area contributed by atoms with E-state index in [1.807, 2.05) is 12.1 Å². The highest BCUT2D eigenvalue weighted by atomic mass is 32.2. The highest BCUT2D eigenvalue weighted by Gasteiger charge is 2.36. The van der Waals surface area contributed by atoms with Gasteiger partial charge in [0.1, 0.15) is 10.7 Å². The number of rotatable bonds is 7. The first-order valence-corrected chi connectivity index (χ1v) is 14.2. The standard InChI is InChI=1S/C29H21FN2O6S2/c1-18(33)31-21-11-13-22(14-12-21)40(36,37)38-26-15-10-19-6-2-4-8-23(19)24(26)16-27-28(34)32(29(35)39-27)17-20-7-3-5-9-25(20)30/h2-16H,17H2,1H3,(H,31,33)/b27-16-. The fourth-order valence-electron chi connectivity index (χ4n) is 4.14. The molecule has 0 saturated carbocycles. The molecule has 1 aliphatic rings. The number of halogens is 1. The minimum atomic E-state index is -4.32. The number of nitrogens with zero attached hydrogens (tertiary/aromatic N) is 1. The van der Waals surface area contributed by atoms with Gasteiger partial charge in [-0.2, -0.15) is 8.42 Å². The normalized spacial score (nSPS) is 14.7. The van der Waals surface area contributed by atoms with Crippen molar-refractivity contribution in [1.29, 1.82) is 0 Å². The van der Waals surface area contributed by atoms with Gasteiger partial charge in [0, 0.05) is 23.7 Å². The lowest BCUT2D eigenvalue weighted by Gasteiger charge is -2.14. The number of hydrogen-bond donors (Lipinski definition) is 1. The highest BCUT2D eigenvalue weighted by Crippen LogP contribution is 2.38. The quantitative estimate of drug-likeness (QED) is 0.214. The number of carbonyl (C=O) groups excluding carboxylic acids is 3. The first kappa shape index (κ1) is 27.1. The molecule has 8 nitrogen and oxygen atoms in total. The zero-order chi connectivity index (χ0) is 28.4. The van der Waals surface area contributed by atoms with Crippen molar-refractivity contribution in [3.05, 3.63) is 107 Å². The first-order valence-electron chi connectivity index (χ1n) is 11.9. The van der Waals surface area contributed by atoms with Gasteiger partial charge in [-0.05, 0) is 65.0 Å². The molecule has 1 fully saturated rings. The molecule has 0 radical (unpaired) electrons. The van der Waals surface area contributed by atoms with E-state index in [1.54, 1.807) is 24.3 Å². The molecule has 0 spiro atoms. The summed E-state index contributed by atoms with van der Waals surface area (Å²) >= 11 is 0.676. The molecule has 4 aromatic carbocycles. The molecule has 0 atom stereocenters. The minimum Gasteiger partial charge on any atom is -0.378 e. The van der Waals surface area contributed by atoms with Crippen molar-refractivity contribution in [3.63, 3.8) is 0 Å². The number of hydrogen-bond acceptors (Lipinski definition) is 7. The average Bonchev–Trinajstić information content (AvgIpc) is 3.18. The van der Waals surface area contributed by atoms with Gasteiger partial charge in [0.05, 0.1) is 11.4 Å². The van der Waals surface area contributed by atoms with Crippen LogP contribution in [0.2, 0.25) is 0 Å². The van der Waals surface area contributed by atoms with Crippen molar-refractivity contribution in [1.82, 2.24) is 4.90 Å². The zero-order valence-corrected chi connectivity index (χ0v) is 22.6. The summed E-state index contributed by atoms with van der Waals surface area (Å²) in [6, 6.07) is 21.6. The molecule has 0 unspecified atom stereocenters. The molecule has 1 saturated heterocycles. The van der Waals surface area contributed by atoms with Gasteiger partial charge in [-0.15, -0.1) is 0 Å². The van der Waals surface area contributed by atoms with Crippen LogP contribution in [0.4, 0.5) is 14.9 Å². The van der Waals surface area contributed by atoms with E-state index in [-0.39, 0.29) is 39.1 Å². The predicted octanol–water partition coefficient (Wildman–Crippen LogP) is 5.94. The molecular weight excluding hydrogens is 555 g/mol. The Morgan fingerprint density at radius 1 is 0.975 bits per heavy atom. The largest absolute Gasteiger partial charge is 0.378 e. The van der Waals surface area contributed by atoms with E-state index in [9.17, 15) is 27.2 Å². The fourth-order valence-corrected chi connectivity index (χ4v) is 5.90. The van der Waals surface area contributed by atoms with Crippen LogP contribution in [0.25, 0.3) is 16.8 Å².